The molecule has 4 heteroatoms. The van der Waals surface area contributed by atoms with Crippen LogP contribution in [0.1, 0.15) is 49.2 Å². The Hall–Kier alpha value is -1.58. The lowest BCUT2D eigenvalue weighted by Gasteiger charge is -2.21. The van der Waals surface area contributed by atoms with Crippen LogP contribution < -0.4 is 5.32 Å². The van der Waals surface area contributed by atoms with Crippen LogP contribution in [0.15, 0.2) is 12.1 Å². The van der Waals surface area contributed by atoms with E-state index < -0.39 is 0 Å². The third kappa shape index (κ3) is 3.71. The maximum atomic E-state index is 12.6. The molecule has 1 heterocycles. The number of nitrogens with one attached hydrogen (secondary N) is 1. The summed E-state index contributed by atoms with van der Waals surface area (Å²) in [7, 11) is 1.84. The molecule has 1 fully saturated rings. The van der Waals surface area contributed by atoms with Crippen molar-refractivity contribution in [1.29, 1.82) is 0 Å². The van der Waals surface area contributed by atoms with E-state index in [1.807, 2.05) is 31.0 Å². The lowest BCUT2D eigenvalue weighted by atomic mass is 10.1. The summed E-state index contributed by atoms with van der Waals surface area (Å²) in [6.07, 6.45) is 4.48. The molecule has 0 aromatic carbocycles. The highest BCUT2D eigenvalue weighted by atomic mass is 16.2. The molecule has 0 unspecified atom stereocenters. The number of hydrogen-bond acceptors (Lipinski definition) is 3. The molecule has 1 aliphatic carbocycles. The van der Waals surface area contributed by atoms with Crippen LogP contribution in [0.2, 0.25) is 0 Å². The summed E-state index contributed by atoms with van der Waals surface area (Å²) in [4.78, 5) is 19.1. The van der Waals surface area contributed by atoms with Gasteiger partial charge in [0, 0.05) is 31.4 Å². The first-order valence-corrected chi connectivity index (χ1v) is 7.65. The minimum atomic E-state index is 0.135. The second-order valence-corrected chi connectivity index (χ2v) is 5.52. The Kier molecular flexibility index (Phi) is 4.99. The van der Waals surface area contributed by atoms with E-state index in [9.17, 15) is 4.79 Å². The number of nitrogens with zero attached hydrogens (tertiary/aromatic N) is 2. The van der Waals surface area contributed by atoms with E-state index in [1.165, 1.54) is 12.8 Å². The normalized spacial score (nSPS) is 14.2. The van der Waals surface area contributed by atoms with Crippen LogP contribution in [0, 0.1) is 5.92 Å². The van der Waals surface area contributed by atoms with Crippen LogP contribution in [0.4, 0.5) is 5.82 Å². The SMILES string of the molecule is CCCc1cc(C(=O)N(CC)CC2CC2)cc(NC)n1. The molecule has 1 saturated carbocycles. The van der Waals surface area contributed by atoms with Gasteiger partial charge in [-0.1, -0.05) is 13.3 Å². The predicted molar refractivity (Wildman–Crippen MR) is 82.1 cm³/mol. The van der Waals surface area contributed by atoms with E-state index in [4.69, 9.17) is 0 Å². The Morgan fingerprint density at radius 3 is 2.70 bits per heavy atom. The molecule has 0 saturated heterocycles. The number of aromatic nitrogens is 1. The molecule has 1 amide bonds. The van der Waals surface area contributed by atoms with Gasteiger partial charge in [0.1, 0.15) is 5.82 Å². The molecular weight excluding hydrogens is 250 g/mol. The van der Waals surface area contributed by atoms with E-state index >= 15 is 0 Å². The Balaban J connectivity index is 2.19. The van der Waals surface area contributed by atoms with Gasteiger partial charge in [-0.25, -0.2) is 4.98 Å². The zero-order chi connectivity index (χ0) is 14.5. The fraction of sp³-hybridized carbons (Fsp3) is 0.625. The Morgan fingerprint density at radius 2 is 2.15 bits per heavy atom. The molecule has 1 aliphatic rings. The van der Waals surface area contributed by atoms with Crippen LogP contribution in [0.25, 0.3) is 0 Å². The molecule has 0 spiro atoms. The number of pyridine rings is 1. The monoisotopic (exact) mass is 275 g/mol. The first-order chi connectivity index (χ1) is 9.67. The second kappa shape index (κ2) is 6.73. The van der Waals surface area contributed by atoms with Crippen molar-refractivity contribution in [2.24, 2.45) is 5.92 Å². The number of rotatable bonds is 7. The molecule has 0 atom stereocenters. The lowest BCUT2D eigenvalue weighted by molar-refractivity contribution is 0.0756. The van der Waals surface area contributed by atoms with Crippen LogP contribution in [0.5, 0.6) is 0 Å². The van der Waals surface area contributed by atoms with E-state index in [0.29, 0.717) is 0 Å². The molecule has 20 heavy (non-hydrogen) atoms. The first-order valence-electron chi connectivity index (χ1n) is 7.65. The summed E-state index contributed by atoms with van der Waals surface area (Å²) in [5.41, 5.74) is 1.75. The lowest BCUT2D eigenvalue weighted by Crippen LogP contribution is -2.32. The van der Waals surface area contributed by atoms with Crippen molar-refractivity contribution >= 4 is 11.7 Å². The molecule has 2 rings (SSSR count). The van der Waals surface area contributed by atoms with Crippen molar-refractivity contribution in [2.75, 3.05) is 25.5 Å². The second-order valence-electron chi connectivity index (χ2n) is 5.52. The summed E-state index contributed by atoms with van der Waals surface area (Å²) in [6, 6.07) is 3.80. The summed E-state index contributed by atoms with van der Waals surface area (Å²) in [6.45, 7) is 5.85. The summed E-state index contributed by atoms with van der Waals surface area (Å²) >= 11 is 0. The van der Waals surface area contributed by atoms with Crippen LogP contribution in [-0.4, -0.2) is 35.9 Å². The Labute approximate surface area is 121 Å². The molecule has 0 radical (unpaired) electrons. The molecular formula is C16H25N3O. The van der Waals surface area contributed by atoms with E-state index in [-0.39, 0.29) is 5.91 Å². The number of hydrogen-bond donors (Lipinski definition) is 1. The smallest absolute Gasteiger partial charge is 0.254 e. The topological polar surface area (TPSA) is 45.2 Å². The van der Waals surface area contributed by atoms with Gasteiger partial charge in [0.2, 0.25) is 0 Å². The van der Waals surface area contributed by atoms with Gasteiger partial charge in [-0.15, -0.1) is 0 Å². The van der Waals surface area contributed by atoms with Crippen molar-refractivity contribution in [3.8, 4) is 0 Å². The minimum absolute atomic E-state index is 0.135. The number of amides is 1. The van der Waals surface area contributed by atoms with E-state index in [0.717, 1.165) is 48.9 Å². The zero-order valence-electron chi connectivity index (χ0n) is 12.8. The maximum Gasteiger partial charge on any atom is 0.254 e. The maximum absolute atomic E-state index is 12.6. The number of anilines is 1. The van der Waals surface area contributed by atoms with Gasteiger partial charge in [-0.2, -0.15) is 0 Å². The molecule has 1 aromatic rings. The molecule has 110 valence electrons. The van der Waals surface area contributed by atoms with Gasteiger partial charge < -0.3 is 10.2 Å². The molecule has 0 aliphatic heterocycles. The Morgan fingerprint density at radius 1 is 1.40 bits per heavy atom. The van der Waals surface area contributed by atoms with Crippen molar-refractivity contribution in [3.63, 3.8) is 0 Å². The fourth-order valence-corrected chi connectivity index (χ4v) is 2.37. The van der Waals surface area contributed by atoms with Crippen LogP contribution >= 0.6 is 0 Å². The van der Waals surface area contributed by atoms with Gasteiger partial charge >= 0.3 is 0 Å². The first kappa shape index (κ1) is 14.8. The standard InChI is InChI=1S/C16H25N3O/c1-4-6-14-9-13(10-15(17-3)18-14)16(20)19(5-2)11-12-7-8-12/h9-10,12H,4-8,11H2,1-3H3,(H,17,18). The summed E-state index contributed by atoms with van der Waals surface area (Å²) in [5.74, 6) is 1.64. The van der Waals surface area contributed by atoms with Crippen LogP contribution in [0.3, 0.4) is 0 Å². The number of aryl methyl sites for hydroxylation is 1. The van der Waals surface area contributed by atoms with Gasteiger partial charge in [0.15, 0.2) is 0 Å². The van der Waals surface area contributed by atoms with Crippen molar-refractivity contribution in [2.45, 2.75) is 39.5 Å². The summed E-state index contributed by atoms with van der Waals surface area (Å²) in [5, 5.41) is 3.05. The molecule has 1 aromatic heterocycles. The average molecular weight is 275 g/mol. The van der Waals surface area contributed by atoms with Gasteiger partial charge in [0.25, 0.3) is 5.91 Å². The van der Waals surface area contributed by atoms with Crippen LogP contribution in [-0.2, 0) is 6.42 Å². The largest absolute Gasteiger partial charge is 0.373 e. The summed E-state index contributed by atoms with van der Waals surface area (Å²) < 4.78 is 0. The van der Waals surface area contributed by atoms with Gasteiger partial charge in [0.05, 0.1) is 0 Å². The highest BCUT2D eigenvalue weighted by Gasteiger charge is 2.26. The van der Waals surface area contributed by atoms with Gasteiger partial charge in [-0.05, 0) is 44.2 Å². The van der Waals surface area contributed by atoms with Gasteiger partial charge in [-0.3, -0.25) is 4.79 Å². The van der Waals surface area contributed by atoms with E-state index in [2.05, 4.69) is 17.2 Å². The number of carbonyl (C=O) groups excluding carboxylic acids is 1. The van der Waals surface area contributed by atoms with Crippen molar-refractivity contribution in [1.82, 2.24) is 9.88 Å². The average Bonchev–Trinajstić information content (AvgIpc) is 3.28. The minimum Gasteiger partial charge on any atom is -0.373 e. The zero-order valence-corrected chi connectivity index (χ0v) is 12.8. The number of carbonyl (C=O) groups is 1. The quantitative estimate of drug-likeness (QED) is 0.832. The molecule has 0 bridgehead atoms. The highest BCUT2D eigenvalue weighted by molar-refractivity contribution is 5.95. The van der Waals surface area contributed by atoms with Crippen molar-refractivity contribution in [3.05, 3.63) is 23.4 Å². The molecule has 1 N–H and O–H groups in total. The highest BCUT2D eigenvalue weighted by Crippen LogP contribution is 2.30. The molecule has 4 nitrogen and oxygen atoms in total. The third-order valence-electron chi connectivity index (χ3n) is 3.73. The Bertz CT molecular complexity index is 469. The predicted octanol–water partition coefficient (Wildman–Crippen LogP) is 2.95. The third-order valence-corrected chi connectivity index (χ3v) is 3.73. The van der Waals surface area contributed by atoms with Crippen molar-refractivity contribution < 1.29 is 4.79 Å². The fourth-order valence-electron chi connectivity index (χ4n) is 2.37. The van der Waals surface area contributed by atoms with E-state index in [1.54, 1.807) is 0 Å².